The summed E-state index contributed by atoms with van der Waals surface area (Å²) in [5, 5.41) is 13.9. The van der Waals surface area contributed by atoms with Gasteiger partial charge in [0, 0.05) is 6.04 Å². The molecule has 1 aromatic heterocycles. The van der Waals surface area contributed by atoms with Gasteiger partial charge in [-0.1, -0.05) is 0 Å². The van der Waals surface area contributed by atoms with E-state index in [0.29, 0.717) is 0 Å². The predicted octanol–water partition coefficient (Wildman–Crippen LogP) is 2.35. The zero-order valence-corrected chi connectivity index (χ0v) is 10.5. The molecule has 0 bridgehead atoms. The highest BCUT2D eigenvalue weighted by Crippen LogP contribution is 2.26. The highest BCUT2D eigenvalue weighted by molar-refractivity contribution is 7.99. The standard InChI is InChI=1S/C9H11ClN4O2S/c10-9-11-5-7(14(15)16)8(13-9)12-6-1-3-17-4-2-6/h5-6H,1-4H2,(H,11,12,13). The van der Waals surface area contributed by atoms with E-state index in [1.807, 2.05) is 11.8 Å². The van der Waals surface area contributed by atoms with E-state index in [2.05, 4.69) is 15.3 Å². The Bertz CT molecular complexity index is 425. The number of anilines is 1. The van der Waals surface area contributed by atoms with Gasteiger partial charge in [0.25, 0.3) is 0 Å². The summed E-state index contributed by atoms with van der Waals surface area (Å²) in [4.78, 5) is 17.8. The maximum atomic E-state index is 10.8. The molecule has 2 heterocycles. The molecular weight excluding hydrogens is 264 g/mol. The number of nitro groups is 1. The lowest BCUT2D eigenvalue weighted by Gasteiger charge is -2.22. The molecule has 17 heavy (non-hydrogen) atoms. The summed E-state index contributed by atoms with van der Waals surface area (Å²) in [6.07, 6.45) is 3.09. The molecule has 1 aromatic rings. The molecule has 0 aliphatic carbocycles. The summed E-state index contributed by atoms with van der Waals surface area (Å²) in [5.74, 6) is 2.33. The Kier molecular flexibility index (Phi) is 4.01. The fourth-order valence-electron chi connectivity index (χ4n) is 1.63. The minimum Gasteiger partial charge on any atom is -0.361 e. The first-order chi connectivity index (χ1) is 8.16. The van der Waals surface area contributed by atoms with Crippen molar-refractivity contribution in [3.8, 4) is 0 Å². The number of halogens is 1. The average Bonchev–Trinajstić information content (AvgIpc) is 2.30. The van der Waals surface area contributed by atoms with E-state index in [1.54, 1.807) is 0 Å². The number of nitrogens with one attached hydrogen (secondary N) is 1. The molecule has 1 saturated heterocycles. The SMILES string of the molecule is O=[N+]([O-])c1cnc(Cl)nc1NC1CCSCC1. The van der Waals surface area contributed by atoms with Crippen LogP contribution in [-0.2, 0) is 0 Å². The van der Waals surface area contributed by atoms with E-state index in [4.69, 9.17) is 11.6 Å². The Balaban J connectivity index is 2.17. The van der Waals surface area contributed by atoms with Gasteiger partial charge in [-0.25, -0.2) is 4.98 Å². The third kappa shape index (κ3) is 3.19. The normalized spacial score (nSPS) is 16.8. The number of thioether (sulfide) groups is 1. The van der Waals surface area contributed by atoms with Crippen LogP contribution in [-0.4, -0.2) is 32.4 Å². The van der Waals surface area contributed by atoms with Crippen LogP contribution in [0.15, 0.2) is 6.20 Å². The fraction of sp³-hybridized carbons (Fsp3) is 0.556. The summed E-state index contributed by atoms with van der Waals surface area (Å²) in [6, 6.07) is 0.223. The van der Waals surface area contributed by atoms with Gasteiger partial charge in [0.05, 0.1) is 4.92 Å². The second kappa shape index (κ2) is 5.50. The number of nitrogens with zero attached hydrogens (tertiary/aromatic N) is 3. The molecule has 1 aliphatic heterocycles. The molecule has 92 valence electrons. The summed E-state index contributed by atoms with van der Waals surface area (Å²) in [5.41, 5.74) is -0.132. The number of hydrogen-bond acceptors (Lipinski definition) is 6. The van der Waals surface area contributed by atoms with Crippen LogP contribution in [0.4, 0.5) is 11.5 Å². The summed E-state index contributed by atoms with van der Waals surface area (Å²) in [6.45, 7) is 0. The first-order valence-electron chi connectivity index (χ1n) is 5.18. The van der Waals surface area contributed by atoms with Crippen molar-refractivity contribution in [1.82, 2.24) is 9.97 Å². The lowest BCUT2D eigenvalue weighted by Crippen LogP contribution is -2.25. The smallest absolute Gasteiger partial charge is 0.329 e. The summed E-state index contributed by atoms with van der Waals surface area (Å²) in [7, 11) is 0. The largest absolute Gasteiger partial charge is 0.361 e. The number of rotatable bonds is 3. The Hall–Kier alpha value is -1.08. The van der Waals surface area contributed by atoms with Crippen molar-refractivity contribution in [3.05, 3.63) is 21.6 Å². The number of hydrogen-bond donors (Lipinski definition) is 1. The highest BCUT2D eigenvalue weighted by Gasteiger charge is 2.21. The fourth-order valence-corrected chi connectivity index (χ4v) is 2.87. The van der Waals surface area contributed by atoms with Crippen LogP contribution in [0.1, 0.15) is 12.8 Å². The molecule has 8 heteroatoms. The first-order valence-corrected chi connectivity index (χ1v) is 6.71. The van der Waals surface area contributed by atoms with Gasteiger partial charge < -0.3 is 5.32 Å². The molecule has 6 nitrogen and oxygen atoms in total. The van der Waals surface area contributed by atoms with E-state index in [0.717, 1.165) is 30.5 Å². The molecule has 1 fully saturated rings. The van der Waals surface area contributed by atoms with Crippen molar-refractivity contribution in [2.75, 3.05) is 16.8 Å². The van der Waals surface area contributed by atoms with Crippen molar-refractivity contribution in [2.24, 2.45) is 0 Å². The van der Waals surface area contributed by atoms with Gasteiger partial charge in [-0.3, -0.25) is 10.1 Å². The van der Waals surface area contributed by atoms with Crippen LogP contribution < -0.4 is 5.32 Å². The van der Waals surface area contributed by atoms with Crippen molar-refractivity contribution in [2.45, 2.75) is 18.9 Å². The number of aromatic nitrogens is 2. The molecule has 1 N–H and O–H groups in total. The monoisotopic (exact) mass is 274 g/mol. The first kappa shape index (κ1) is 12.4. The van der Waals surface area contributed by atoms with Crippen LogP contribution in [0.2, 0.25) is 5.28 Å². The molecule has 0 aromatic carbocycles. The van der Waals surface area contributed by atoms with Crippen molar-refractivity contribution in [3.63, 3.8) is 0 Å². The molecule has 0 amide bonds. The second-order valence-corrected chi connectivity index (χ2v) is 5.22. The van der Waals surface area contributed by atoms with Gasteiger partial charge >= 0.3 is 5.69 Å². The summed E-state index contributed by atoms with van der Waals surface area (Å²) >= 11 is 7.54. The molecule has 0 saturated carbocycles. The third-order valence-corrected chi connectivity index (χ3v) is 3.73. The lowest BCUT2D eigenvalue weighted by molar-refractivity contribution is -0.384. The maximum absolute atomic E-state index is 10.8. The van der Waals surface area contributed by atoms with Gasteiger partial charge in [-0.2, -0.15) is 16.7 Å². The predicted molar refractivity (Wildman–Crippen MR) is 67.7 cm³/mol. The van der Waals surface area contributed by atoms with Gasteiger partial charge in [0.2, 0.25) is 11.1 Å². The molecule has 0 radical (unpaired) electrons. The van der Waals surface area contributed by atoms with Crippen molar-refractivity contribution < 1.29 is 4.92 Å². The quantitative estimate of drug-likeness (QED) is 0.518. The zero-order valence-electron chi connectivity index (χ0n) is 8.93. The van der Waals surface area contributed by atoms with E-state index in [1.165, 1.54) is 0 Å². The minimum absolute atomic E-state index is 0.0169. The molecule has 0 unspecified atom stereocenters. The molecule has 0 atom stereocenters. The van der Waals surface area contributed by atoms with E-state index >= 15 is 0 Å². The highest BCUT2D eigenvalue weighted by atomic mass is 35.5. The lowest BCUT2D eigenvalue weighted by atomic mass is 10.1. The van der Waals surface area contributed by atoms with Crippen LogP contribution >= 0.6 is 23.4 Å². The van der Waals surface area contributed by atoms with Gasteiger partial charge in [-0.15, -0.1) is 0 Å². The zero-order chi connectivity index (χ0) is 12.3. The minimum atomic E-state index is -0.504. The van der Waals surface area contributed by atoms with Crippen LogP contribution in [0, 0.1) is 10.1 Å². The Morgan fingerprint density at radius 3 is 2.88 bits per heavy atom. The van der Waals surface area contributed by atoms with Gasteiger partial charge in [0.1, 0.15) is 6.20 Å². The van der Waals surface area contributed by atoms with Crippen LogP contribution in [0.3, 0.4) is 0 Å². The van der Waals surface area contributed by atoms with Gasteiger partial charge in [0.15, 0.2) is 0 Å². The molecule has 2 rings (SSSR count). The van der Waals surface area contributed by atoms with E-state index in [9.17, 15) is 10.1 Å². The molecular formula is C9H11ClN4O2S. The second-order valence-electron chi connectivity index (χ2n) is 3.66. The third-order valence-electron chi connectivity index (χ3n) is 2.50. The van der Waals surface area contributed by atoms with Gasteiger partial charge in [-0.05, 0) is 35.9 Å². The van der Waals surface area contributed by atoms with Crippen LogP contribution in [0.25, 0.3) is 0 Å². The molecule has 1 aliphatic rings. The van der Waals surface area contributed by atoms with E-state index < -0.39 is 4.92 Å². The Morgan fingerprint density at radius 1 is 1.53 bits per heavy atom. The maximum Gasteiger partial charge on any atom is 0.329 e. The average molecular weight is 275 g/mol. The topological polar surface area (TPSA) is 81.0 Å². The van der Waals surface area contributed by atoms with Crippen molar-refractivity contribution >= 4 is 34.9 Å². The van der Waals surface area contributed by atoms with Crippen LogP contribution in [0.5, 0.6) is 0 Å². The molecule has 0 spiro atoms. The van der Waals surface area contributed by atoms with Crippen molar-refractivity contribution in [1.29, 1.82) is 0 Å². The Labute approximate surface area is 107 Å². The van der Waals surface area contributed by atoms with E-state index in [-0.39, 0.29) is 22.8 Å². The Morgan fingerprint density at radius 2 is 2.24 bits per heavy atom. The summed E-state index contributed by atoms with van der Waals surface area (Å²) < 4.78 is 0.